The summed E-state index contributed by atoms with van der Waals surface area (Å²) in [6.45, 7) is 1.03. The Balaban J connectivity index is 2.44. The van der Waals surface area contributed by atoms with Crippen LogP contribution in [0.2, 0.25) is 0 Å². The zero-order chi connectivity index (χ0) is 9.68. The molecule has 0 N–H and O–H groups in total. The summed E-state index contributed by atoms with van der Waals surface area (Å²) in [4.78, 5) is 2.15. The number of rotatable bonds is 4. The quantitative estimate of drug-likeness (QED) is 0.671. The Bertz CT molecular complexity index is 233. The van der Waals surface area contributed by atoms with Gasteiger partial charge in [-0.25, -0.2) is 0 Å². The summed E-state index contributed by atoms with van der Waals surface area (Å²) < 4.78 is 0. The molecule has 0 aliphatic rings. The van der Waals surface area contributed by atoms with E-state index < -0.39 is 0 Å². The predicted molar refractivity (Wildman–Crippen MR) is 58.2 cm³/mol. The van der Waals surface area contributed by atoms with E-state index >= 15 is 0 Å². The minimum atomic E-state index is 0.142. The summed E-state index contributed by atoms with van der Waals surface area (Å²) in [6.07, 6.45) is 0.999. The van der Waals surface area contributed by atoms with Gasteiger partial charge >= 0.3 is 0 Å². The molecule has 1 aromatic carbocycles. The topological polar surface area (TPSA) is 3.24 Å². The Hall–Kier alpha value is -0.530. The summed E-state index contributed by atoms with van der Waals surface area (Å²) >= 11 is 6.22. The van der Waals surface area contributed by atoms with Crippen molar-refractivity contribution in [2.45, 2.75) is 11.8 Å². The number of hydrogen-bond donors (Lipinski definition) is 0. The molecule has 0 aliphatic carbocycles. The van der Waals surface area contributed by atoms with Gasteiger partial charge in [-0.1, -0.05) is 30.3 Å². The fourth-order valence-electron chi connectivity index (χ4n) is 1.20. The molecule has 0 aromatic heterocycles. The maximum Gasteiger partial charge on any atom is 0.0597 e. The second kappa shape index (κ2) is 5.25. The van der Waals surface area contributed by atoms with E-state index in [-0.39, 0.29) is 5.38 Å². The van der Waals surface area contributed by atoms with Crippen LogP contribution in [0.3, 0.4) is 0 Å². The van der Waals surface area contributed by atoms with Gasteiger partial charge in [-0.05, 0) is 32.6 Å². The molecule has 0 aliphatic heterocycles. The SMILES string of the molecule is CN(C)CC[C@H](Cl)c1ccccc1. The van der Waals surface area contributed by atoms with E-state index in [0.29, 0.717) is 0 Å². The second-order valence-corrected chi connectivity index (χ2v) is 4.00. The Labute approximate surface area is 85.3 Å². The summed E-state index contributed by atoms with van der Waals surface area (Å²) in [5.74, 6) is 0. The Kier molecular flexibility index (Phi) is 4.26. The van der Waals surface area contributed by atoms with Crippen LogP contribution in [-0.2, 0) is 0 Å². The molecule has 0 amide bonds. The van der Waals surface area contributed by atoms with Gasteiger partial charge in [0.15, 0.2) is 0 Å². The fraction of sp³-hybridized carbons (Fsp3) is 0.455. The molecule has 2 heteroatoms. The van der Waals surface area contributed by atoms with Crippen LogP contribution in [0.1, 0.15) is 17.4 Å². The largest absolute Gasteiger partial charge is 0.309 e. The Morgan fingerprint density at radius 2 is 1.85 bits per heavy atom. The number of nitrogens with zero attached hydrogens (tertiary/aromatic N) is 1. The van der Waals surface area contributed by atoms with Crippen LogP contribution in [-0.4, -0.2) is 25.5 Å². The van der Waals surface area contributed by atoms with E-state index in [9.17, 15) is 0 Å². The first kappa shape index (κ1) is 10.6. The first-order valence-corrected chi connectivity index (χ1v) is 4.97. The third-order valence-electron chi connectivity index (χ3n) is 1.99. The van der Waals surface area contributed by atoms with Gasteiger partial charge in [0, 0.05) is 0 Å². The normalized spacial score (nSPS) is 13.2. The number of alkyl halides is 1. The van der Waals surface area contributed by atoms with E-state index in [1.165, 1.54) is 5.56 Å². The molecule has 0 radical (unpaired) electrons. The van der Waals surface area contributed by atoms with Gasteiger partial charge in [-0.2, -0.15) is 0 Å². The van der Waals surface area contributed by atoms with E-state index in [1.54, 1.807) is 0 Å². The summed E-state index contributed by atoms with van der Waals surface area (Å²) in [7, 11) is 4.13. The molecule has 0 bridgehead atoms. The van der Waals surface area contributed by atoms with Gasteiger partial charge in [0.2, 0.25) is 0 Å². The van der Waals surface area contributed by atoms with Crippen molar-refractivity contribution in [3.05, 3.63) is 35.9 Å². The summed E-state index contributed by atoms with van der Waals surface area (Å²) in [6, 6.07) is 10.2. The highest BCUT2D eigenvalue weighted by molar-refractivity contribution is 6.20. The van der Waals surface area contributed by atoms with E-state index in [2.05, 4.69) is 31.1 Å². The van der Waals surface area contributed by atoms with E-state index in [0.717, 1.165) is 13.0 Å². The van der Waals surface area contributed by atoms with Gasteiger partial charge < -0.3 is 4.90 Å². The van der Waals surface area contributed by atoms with Gasteiger partial charge in [-0.15, -0.1) is 11.6 Å². The Morgan fingerprint density at radius 3 is 2.38 bits per heavy atom. The predicted octanol–water partition coefficient (Wildman–Crippen LogP) is 2.92. The van der Waals surface area contributed by atoms with Gasteiger partial charge in [0.1, 0.15) is 0 Å². The van der Waals surface area contributed by atoms with Gasteiger partial charge in [0.25, 0.3) is 0 Å². The molecule has 1 atom stereocenters. The number of benzene rings is 1. The lowest BCUT2D eigenvalue weighted by Crippen LogP contribution is -2.14. The zero-order valence-corrected chi connectivity index (χ0v) is 8.96. The molecular formula is C11H16ClN. The first-order valence-electron chi connectivity index (χ1n) is 4.54. The highest BCUT2D eigenvalue weighted by Crippen LogP contribution is 2.23. The van der Waals surface area contributed by atoms with E-state index in [4.69, 9.17) is 11.6 Å². The molecule has 1 aromatic rings. The van der Waals surface area contributed by atoms with Crippen molar-refractivity contribution in [3.8, 4) is 0 Å². The molecule has 0 saturated carbocycles. The monoisotopic (exact) mass is 197 g/mol. The number of hydrogen-bond acceptors (Lipinski definition) is 1. The molecule has 0 unspecified atom stereocenters. The van der Waals surface area contributed by atoms with Crippen LogP contribution in [0.4, 0.5) is 0 Å². The van der Waals surface area contributed by atoms with Crippen molar-refractivity contribution in [1.29, 1.82) is 0 Å². The van der Waals surface area contributed by atoms with Crippen molar-refractivity contribution < 1.29 is 0 Å². The van der Waals surface area contributed by atoms with Crippen LogP contribution in [0.15, 0.2) is 30.3 Å². The van der Waals surface area contributed by atoms with Crippen LogP contribution in [0.25, 0.3) is 0 Å². The average molecular weight is 198 g/mol. The lowest BCUT2D eigenvalue weighted by atomic mass is 10.1. The van der Waals surface area contributed by atoms with Crippen LogP contribution in [0.5, 0.6) is 0 Å². The maximum absolute atomic E-state index is 6.22. The van der Waals surface area contributed by atoms with Crippen molar-refractivity contribution in [2.75, 3.05) is 20.6 Å². The van der Waals surface area contributed by atoms with Crippen LogP contribution < -0.4 is 0 Å². The molecule has 1 nitrogen and oxygen atoms in total. The molecule has 13 heavy (non-hydrogen) atoms. The summed E-state index contributed by atoms with van der Waals surface area (Å²) in [5, 5.41) is 0.142. The lowest BCUT2D eigenvalue weighted by molar-refractivity contribution is 0.398. The van der Waals surface area contributed by atoms with Crippen LogP contribution in [0, 0.1) is 0 Å². The molecule has 0 saturated heterocycles. The van der Waals surface area contributed by atoms with E-state index in [1.807, 2.05) is 18.2 Å². The smallest absolute Gasteiger partial charge is 0.0597 e. The minimum absolute atomic E-state index is 0.142. The highest BCUT2D eigenvalue weighted by Gasteiger charge is 2.06. The van der Waals surface area contributed by atoms with Crippen molar-refractivity contribution in [2.24, 2.45) is 0 Å². The maximum atomic E-state index is 6.22. The standard InChI is InChI=1S/C11H16ClN/c1-13(2)9-8-11(12)10-6-4-3-5-7-10/h3-7,11H,8-9H2,1-2H3/t11-/m0/s1. The van der Waals surface area contributed by atoms with Crippen molar-refractivity contribution in [1.82, 2.24) is 4.90 Å². The second-order valence-electron chi connectivity index (χ2n) is 3.47. The van der Waals surface area contributed by atoms with Crippen molar-refractivity contribution >= 4 is 11.6 Å². The van der Waals surface area contributed by atoms with Crippen molar-refractivity contribution in [3.63, 3.8) is 0 Å². The van der Waals surface area contributed by atoms with Crippen LogP contribution >= 0.6 is 11.6 Å². The molecule has 0 spiro atoms. The third kappa shape index (κ3) is 3.79. The summed E-state index contributed by atoms with van der Waals surface area (Å²) in [5.41, 5.74) is 1.21. The van der Waals surface area contributed by atoms with Gasteiger partial charge in [-0.3, -0.25) is 0 Å². The number of halogens is 1. The Morgan fingerprint density at radius 1 is 1.23 bits per heavy atom. The minimum Gasteiger partial charge on any atom is -0.309 e. The molecule has 0 heterocycles. The first-order chi connectivity index (χ1) is 6.20. The highest BCUT2D eigenvalue weighted by atomic mass is 35.5. The molecule has 0 fully saturated rings. The molecule has 1 rings (SSSR count). The molecular weight excluding hydrogens is 182 g/mol. The zero-order valence-electron chi connectivity index (χ0n) is 8.20. The average Bonchev–Trinajstić information content (AvgIpc) is 2.15. The fourth-order valence-corrected chi connectivity index (χ4v) is 1.44. The lowest BCUT2D eigenvalue weighted by Gasteiger charge is -2.13. The third-order valence-corrected chi connectivity index (χ3v) is 2.46. The van der Waals surface area contributed by atoms with Gasteiger partial charge in [0.05, 0.1) is 5.38 Å². The molecule has 72 valence electrons.